The summed E-state index contributed by atoms with van der Waals surface area (Å²) >= 11 is 0. The molecule has 1 N–H and O–H groups in total. The van der Waals surface area contributed by atoms with Crippen molar-refractivity contribution in [3.63, 3.8) is 0 Å². The number of anilines is 3. The van der Waals surface area contributed by atoms with Gasteiger partial charge in [-0.15, -0.1) is 0 Å². The number of benzene rings is 2. The topological polar surface area (TPSA) is 89.1 Å². The van der Waals surface area contributed by atoms with Crippen LogP contribution in [-0.4, -0.2) is 67.6 Å². The summed E-state index contributed by atoms with van der Waals surface area (Å²) in [5.74, 6) is 0.855. The Hall–Kier alpha value is -3.92. The molecule has 1 fully saturated rings. The molecule has 0 unspecified atom stereocenters. The number of methoxy groups -OCH3 is 2. The molecule has 10 heteroatoms. The van der Waals surface area contributed by atoms with Gasteiger partial charge in [-0.25, -0.2) is 14.4 Å². The van der Waals surface area contributed by atoms with E-state index in [-0.39, 0.29) is 23.7 Å². The third kappa shape index (κ3) is 6.31. The van der Waals surface area contributed by atoms with E-state index in [0.29, 0.717) is 23.7 Å². The molecule has 0 aliphatic carbocycles. The van der Waals surface area contributed by atoms with Crippen molar-refractivity contribution in [2.75, 3.05) is 57.2 Å². The van der Waals surface area contributed by atoms with Crippen molar-refractivity contribution in [1.29, 1.82) is 0 Å². The molecule has 0 radical (unpaired) electrons. The van der Waals surface area contributed by atoms with Gasteiger partial charge in [0, 0.05) is 55.5 Å². The van der Waals surface area contributed by atoms with E-state index in [1.807, 2.05) is 18.2 Å². The second kappa shape index (κ2) is 12.6. The lowest BCUT2D eigenvalue weighted by Gasteiger charge is -2.36. The zero-order valence-corrected chi connectivity index (χ0v) is 22.3. The zero-order valence-electron chi connectivity index (χ0n) is 22.3. The summed E-state index contributed by atoms with van der Waals surface area (Å²) in [6.07, 6.45) is 3.32. The molecule has 0 amide bonds. The molecular formula is C28H34FN5O4. The Morgan fingerprint density at radius 3 is 2.34 bits per heavy atom. The number of nitrogens with zero attached hydrogens (tertiary/aromatic N) is 4. The van der Waals surface area contributed by atoms with Gasteiger partial charge in [0.05, 0.1) is 32.3 Å². The van der Waals surface area contributed by atoms with Crippen LogP contribution in [0.25, 0.3) is 0 Å². The van der Waals surface area contributed by atoms with Gasteiger partial charge in [0.15, 0.2) is 23.1 Å². The van der Waals surface area contributed by atoms with Crippen LogP contribution in [0.5, 0.6) is 17.2 Å². The first-order valence-electron chi connectivity index (χ1n) is 12.7. The fourth-order valence-electron chi connectivity index (χ4n) is 4.34. The molecule has 0 saturated carbocycles. The van der Waals surface area contributed by atoms with Crippen LogP contribution in [0.1, 0.15) is 36.2 Å². The molecule has 4 rings (SSSR count). The lowest BCUT2D eigenvalue weighted by atomic mass is 10.0. The maximum atomic E-state index is 14.7. The van der Waals surface area contributed by atoms with E-state index in [4.69, 9.17) is 14.2 Å². The Kier molecular flexibility index (Phi) is 8.96. The van der Waals surface area contributed by atoms with Crippen LogP contribution < -0.4 is 24.4 Å². The number of rotatable bonds is 11. The summed E-state index contributed by atoms with van der Waals surface area (Å²) in [4.78, 5) is 25.5. The molecule has 1 saturated heterocycles. The highest BCUT2D eigenvalue weighted by atomic mass is 19.1. The quantitative estimate of drug-likeness (QED) is 0.360. The standard InChI is InChI=1S/C28H34FN5O4/c1-5-24(35)19-13-20(27(29)26(14-19)37-4)18-38-22-16-30-28(31-17-22)32-21-7-8-23(25(15-21)36-3)34-11-9-33(6-2)10-12-34/h7-8,13-17H,5-6,9-12,18H2,1-4H3,(H,30,31,32). The Morgan fingerprint density at radius 2 is 1.71 bits per heavy atom. The number of Topliss-reactive ketones (excluding diaryl/α,β-unsaturated/α-hetero) is 1. The highest BCUT2D eigenvalue weighted by Gasteiger charge is 2.19. The van der Waals surface area contributed by atoms with Crippen LogP contribution in [0.15, 0.2) is 42.7 Å². The van der Waals surface area contributed by atoms with Gasteiger partial charge in [-0.2, -0.15) is 0 Å². The second-order valence-corrected chi connectivity index (χ2v) is 8.89. The van der Waals surface area contributed by atoms with Crippen molar-refractivity contribution < 1.29 is 23.4 Å². The molecule has 202 valence electrons. The number of carbonyl (C=O) groups excluding carboxylic acids is 1. The van der Waals surface area contributed by atoms with Crippen molar-refractivity contribution in [2.24, 2.45) is 0 Å². The molecule has 1 aliphatic heterocycles. The molecular weight excluding hydrogens is 489 g/mol. The minimum Gasteiger partial charge on any atom is -0.495 e. The number of ether oxygens (including phenoxy) is 3. The highest BCUT2D eigenvalue weighted by molar-refractivity contribution is 5.96. The maximum Gasteiger partial charge on any atom is 0.227 e. The van der Waals surface area contributed by atoms with E-state index in [9.17, 15) is 9.18 Å². The Balaban J connectivity index is 1.40. The van der Waals surface area contributed by atoms with Crippen molar-refractivity contribution >= 4 is 23.1 Å². The lowest BCUT2D eigenvalue weighted by Crippen LogP contribution is -2.46. The summed E-state index contributed by atoms with van der Waals surface area (Å²) in [5.41, 5.74) is 2.45. The number of ketones is 1. The summed E-state index contributed by atoms with van der Waals surface area (Å²) in [5, 5.41) is 3.18. The van der Waals surface area contributed by atoms with Crippen molar-refractivity contribution in [1.82, 2.24) is 14.9 Å². The molecule has 0 atom stereocenters. The Bertz CT molecular complexity index is 1250. The SMILES string of the molecule is CCC(=O)c1cc(COc2cnc(Nc3ccc(N4CCN(CC)CC4)c(OC)c3)nc2)c(F)c(OC)c1. The van der Waals surface area contributed by atoms with E-state index in [2.05, 4.69) is 32.0 Å². The molecule has 0 bridgehead atoms. The maximum absolute atomic E-state index is 14.7. The summed E-state index contributed by atoms with van der Waals surface area (Å²) in [6, 6.07) is 8.83. The number of halogens is 1. The highest BCUT2D eigenvalue weighted by Crippen LogP contribution is 2.33. The molecule has 1 aromatic heterocycles. The molecule has 38 heavy (non-hydrogen) atoms. The minimum absolute atomic E-state index is 0.00311. The predicted molar refractivity (Wildman–Crippen MR) is 145 cm³/mol. The van der Waals surface area contributed by atoms with E-state index in [1.54, 1.807) is 14.0 Å². The van der Waals surface area contributed by atoms with Gasteiger partial charge in [0.1, 0.15) is 12.4 Å². The first-order chi connectivity index (χ1) is 18.4. The Labute approximate surface area is 222 Å². The number of likely N-dealkylation sites (N-methyl/N-ethyl adjacent to an activating group) is 1. The molecule has 2 heterocycles. The molecule has 2 aromatic carbocycles. The first kappa shape index (κ1) is 27.1. The minimum atomic E-state index is -0.566. The van der Waals surface area contributed by atoms with Crippen LogP contribution in [0.4, 0.5) is 21.7 Å². The third-order valence-electron chi connectivity index (χ3n) is 6.60. The van der Waals surface area contributed by atoms with E-state index < -0.39 is 5.82 Å². The first-order valence-corrected chi connectivity index (χ1v) is 12.7. The van der Waals surface area contributed by atoms with Gasteiger partial charge in [-0.05, 0) is 30.8 Å². The fourth-order valence-corrected chi connectivity index (χ4v) is 4.34. The number of nitrogens with one attached hydrogen (secondary N) is 1. The predicted octanol–water partition coefficient (Wildman–Crippen LogP) is 4.69. The summed E-state index contributed by atoms with van der Waals surface area (Å²) in [6.45, 7) is 8.87. The number of carbonyl (C=O) groups is 1. The van der Waals surface area contributed by atoms with Gasteiger partial charge in [-0.1, -0.05) is 13.8 Å². The average Bonchev–Trinajstić information content (AvgIpc) is 2.97. The molecule has 1 aliphatic rings. The normalized spacial score (nSPS) is 13.8. The van der Waals surface area contributed by atoms with Crippen molar-refractivity contribution in [3.05, 3.63) is 59.7 Å². The Morgan fingerprint density at radius 1 is 1.00 bits per heavy atom. The summed E-state index contributed by atoms with van der Waals surface area (Å²) < 4.78 is 31.1. The molecule has 0 spiro atoms. The third-order valence-corrected chi connectivity index (χ3v) is 6.60. The van der Waals surface area contributed by atoms with Crippen molar-refractivity contribution in [3.8, 4) is 17.2 Å². The molecule has 9 nitrogen and oxygen atoms in total. The number of aromatic nitrogens is 2. The fraction of sp³-hybridized carbons (Fsp3) is 0.393. The molecule has 3 aromatic rings. The van der Waals surface area contributed by atoms with Gasteiger partial charge in [0.25, 0.3) is 0 Å². The van der Waals surface area contributed by atoms with Crippen LogP contribution in [-0.2, 0) is 6.61 Å². The van der Waals surface area contributed by atoms with Gasteiger partial charge < -0.3 is 29.3 Å². The second-order valence-electron chi connectivity index (χ2n) is 8.89. The zero-order chi connectivity index (χ0) is 27.1. The van der Waals surface area contributed by atoms with Gasteiger partial charge in [-0.3, -0.25) is 4.79 Å². The van der Waals surface area contributed by atoms with Crippen LogP contribution >= 0.6 is 0 Å². The van der Waals surface area contributed by atoms with Gasteiger partial charge >= 0.3 is 0 Å². The smallest absolute Gasteiger partial charge is 0.227 e. The monoisotopic (exact) mass is 523 g/mol. The van der Waals surface area contributed by atoms with Crippen LogP contribution in [0, 0.1) is 5.82 Å². The van der Waals surface area contributed by atoms with E-state index in [1.165, 1.54) is 31.6 Å². The van der Waals surface area contributed by atoms with E-state index in [0.717, 1.165) is 49.8 Å². The van der Waals surface area contributed by atoms with Gasteiger partial charge in [0.2, 0.25) is 5.95 Å². The average molecular weight is 524 g/mol. The summed E-state index contributed by atoms with van der Waals surface area (Å²) in [7, 11) is 3.03. The number of piperazine rings is 1. The number of hydrogen-bond acceptors (Lipinski definition) is 9. The van der Waals surface area contributed by atoms with Crippen molar-refractivity contribution in [2.45, 2.75) is 26.9 Å². The van der Waals surface area contributed by atoms with E-state index >= 15 is 0 Å². The lowest BCUT2D eigenvalue weighted by molar-refractivity contribution is 0.0987. The van der Waals surface area contributed by atoms with Crippen LogP contribution in [0.2, 0.25) is 0 Å². The largest absolute Gasteiger partial charge is 0.495 e. The van der Waals surface area contributed by atoms with Crippen LogP contribution in [0.3, 0.4) is 0 Å². The number of hydrogen-bond donors (Lipinski definition) is 1.